The maximum atomic E-state index is 10.9. The van der Waals surface area contributed by atoms with Crippen molar-refractivity contribution in [2.75, 3.05) is 20.7 Å². The fourth-order valence-corrected chi connectivity index (χ4v) is 1.33. The van der Waals surface area contributed by atoms with Crippen LogP contribution in [-0.2, 0) is 0 Å². The highest BCUT2D eigenvalue weighted by atomic mass is 16.5. The van der Waals surface area contributed by atoms with Crippen molar-refractivity contribution >= 4 is 6.29 Å². The van der Waals surface area contributed by atoms with Crippen molar-refractivity contribution < 1.29 is 14.6 Å². The first-order chi connectivity index (χ1) is 8.24. The molecule has 1 aromatic rings. The topological polar surface area (TPSA) is 58.6 Å². The van der Waals surface area contributed by atoms with Crippen molar-refractivity contribution in [3.63, 3.8) is 0 Å². The monoisotopic (exact) mass is 233 g/mol. The minimum absolute atomic E-state index is 0.164. The van der Waals surface area contributed by atoms with E-state index >= 15 is 0 Å². The molecule has 1 rings (SSSR count). The van der Waals surface area contributed by atoms with Crippen LogP contribution in [0.1, 0.15) is 22.3 Å². The number of aromatic hydroxyl groups is 1. The van der Waals surface area contributed by atoms with Gasteiger partial charge in [-0.3, -0.25) is 4.79 Å². The second kappa shape index (κ2) is 6.56. The zero-order chi connectivity index (χ0) is 12.7. The van der Waals surface area contributed by atoms with Crippen LogP contribution in [0.25, 0.3) is 0 Å². The quantitative estimate of drug-likeness (QED) is 0.465. The van der Waals surface area contributed by atoms with E-state index in [0.29, 0.717) is 18.3 Å². The van der Waals surface area contributed by atoms with Crippen LogP contribution >= 0.6 is 0 Å². The third-order valence-corrected chi connectivity index (χ3v) is 2.24. The molecular formula is C13H15NO3. The van der Waals surface area contributed by atoms with Gasteiger partial charge in [0.15, 0.2) is 17.8 Å². The highest BCUT2D eigenvalue weighted by Crippen LogP contribution is 2.30. The Morgan fingerprint density at radius 3 is 2.88 bits per heavy atom. The summed E-state index contributed by atoms with van der Waals surface area (Å²) in [5.41, 5.74) is 0.677. The first kappa shape index (κ1) is 13.1. The lowest BCUT2D eigenvalue weighted by Gasteiger charge is -2.06. The SMILES string of the molecule is CNCCC#Cc1ccc(OC)c(O)c1C=O. The minimum Gasteiger partial charge on any atom is -0.504 e. The maximum absolute atomic E-state index is 10.9. The highest BCUT2D eigenvalue weighted by molar-refractivity contribution is 5.85. The maximum Gasteiger partial charge on any atom is 0.169 e. The van der Waals surface area contributed by atoms with E-state index in [1.54, 1.807) is 12.1 Å². The van der Waals surface area contributed by atoms with Crippen LogP contribution in [0.3, 0.4) is 0 Å². The molecule has 0 spiro atoms. The molecule has 0 amide bonds. The molecule has 90 valence electrons. The van der Waals surface area contributed by atoms with Crippen LogP contribution in [0.4, 0.5) is 0 Å². The van der Waals surface area contributed by atoms with Crippen molar-refractivity contribution in [3.8, 4) is 23.3 Å². The molecule has 0 aliphatic rings. The minimum atomic E-state index is -0.164. The van der Waals surface area contributed by atoms with Gasteiger partial charge in [-0.2, -0.15) is 0 Å². The number of phenols is 1. The Morgan fingerprint density at radius 2 is 2.29 bits per heavy atom. The Hall–Kier alpha value is -1.99. The lowest BCUT2D eigenvalue weighted by Crippen LogP contribution is -2.05. The Balaban J connectivity index is 3.03. The summed E-state index contributed by atoms with van der Waals surface area (Å²) >= 11 is 0. The third-order valence-electron chi connectivity index (χ3n) is 2.24. The van der Waals surface area contributed by atoms with Crippen molar-refractivity contribution in [1.82, 2.24) is 5.32 Å². The fraction of sp³-hybridized carbons (Fsp3) is 0.308. The second-order valence-corrected chi connectivity index (χ2v) is 3.35. The van der Waals surface area contributed by atoms with Crippen molar-refractivity contribution in [1.29, 1.82) is 0 Å². The summed E-state index contributed by atoms with van der Waals surface area (Å²) in [5.74, 6) is 5.88. The second-order valence-electron chi connectivity index (χ2n) is 3.35. The molecular weight excluding hydrogens is 218 g/mol. The molecule has 4 nitrogen and oxygen atoms in total. The van der Waals surface area contributed by atoms with Gasteiger partial charge in [-0.1, -0.05) is 11.8 Å². The Labute approximate surface area is 101 Å². The van der Waals surface area contributed by atoms with E-state index in [1.165, 1.54) is 7.11 Å². The van der Waals surface area contributed by atoms with E-state index in [0.717, 1.165) is 6.54 Å². The van der Waals surface area contributed by atoms with Gasteiger partial charge in [0.25, 0.3) is 0 Å². The third kappa shape index (κ3) is 3.23. The number of methoxy groups -OCH3 is 1. The molecule has 2 N–H and O–H groups in total. The van der Waals surface area contributed by atoms with E-state index in [-0.39, 0.29) is 17.1 Å². The zero-order valence-corrected chi connectivity index (χ0v) is 9.91. The summed E-state index contributed by atoms with van der Waals surface area (Å²) in [6, 6.07) is 3.25. The number of hydrogen-bond donors (Lipinski definition) is 2. The van der Waals surface area contributed by atoms with Crippen LogP contribution in [0, 0.1) is 11.8 Å². The standard InChI is InChI=1S/C13H15NO3/c1-14-8-4-3-5-10-6-7-12(17-2)13(16)11(10)9-15/h6-7,9,14,16H,4,8H2,1-2H3. The summed E-state index contributed by atoms with van der Waals surface area (Å²) in [7, 11) is 3.28. The van der Waals surface area contributed by atoms with Gasteiger partial charge in [-0.15, -0.1) is 0 Å². The first-order valence-electron chi connectivity index (χ1n) is 5.23. The molecule has 17 heavy (non-hydrogen) atoms. The molecule has 1 aromatic carbocycles. The number of hydrogen-bond acceptors (Lipinski definition) is 4. The molecule has 0 atom stereocenters. The van der Waals surface area contributed by atoms with Gasteiger partial charge in [-0.25, -0.2) is 0 Å². The molecule has 0 heterocycles. The zero-order valence-electron chi connectivity index (χ0n) is 9.91. The van der Waals surface area contributed by atoms with Gasteiger partial charge in [-0.05, 0) is 19.2 Å². The number of carbonyl (C=O) groups excluding carboxylic acids is 1. The molecule has 0 aromatic heterocycles. The van der Waals surface area contributed by atoms with Gasteiger partial charge in [0.05, 0.1) is 12.7 Å². The van der Waals surface area contributed by atoms with E-state index in [9.17, 15) is 9.90 Å². The van der Waals surface area contributed by atoms with Crippen LogP contribution in [0.15, 0.2) is 12.1 Å². The average Bonchev–Trinajstić information content (AvgIpc) is 2.35. The van der Waals surface area contributed by atoms with Crippen LogP contribution in [-0.4, -0.2) is 32.1 Å². The fourth-order valence-electron chi connectivity index (χ4n) is 1.33. The molecule has 0 saturated heterocycles. The molecule has 0 unspecified atom stereocenters. The summed E-state index contributed by atoms with van der Waals surface area (Å²) in [6.45, 7) is 0.783. The van der Waals surface area contributed by atoms with Gasteiger partial charge in [0.2, 0.25) is 0 Å². The molecule has 0 radical (unpaired) electrons. The molecule has 4 heteroatoms. The van der Waals surface area contributed by atoms with Gasteiger partial charge in [0, 0.05) is 18.5 Å². The number of benzene rings is 1. The van der Waals surface area contributed by atoms with Gasteiger partial charge >= 0.3 is 0 Å². The van der Waals surface area contributed by atoms with Gasteiger partial charge in [0.1, 0.15) is 0 Å². The largest absolute Gasteiger partial charge is 0.504 e. The summed E-state index contributed by atoms with van der Waals surface area (Å²) in [4.78, 5) is 10.9. The number of phenolic OH excluding ortho intramolecular Hbond substituents is 1. The van der Waals surface area contributed by atoms with Crippen molar-refractivity contribution in [3.05, 3.63) is 23.3 Å². The van der Waals surface area contributed by atoms with Gasteiger partial charge < -0.3 is 15.2 Å². The van der Waals surface area contributed by atoms with E-state index in [2.05, 4.69) is 17.2 Å². The number of ether oxygens (including phenoxy) is 1. The Kier molecular flexibility index (Phi) is 5.05. The van der Waals surface area contributed by atoms with E-state index in [1.807, 2.05) is 7.05 Å². The predicted molar refractivity (Wildman–Crippen MR) is 65.5 cm³/mol. The molecule has 0 fully saturated rings. The predicted octanol–water partition coefficient (Wildman–Crippen LogP) is 1.17. The Bertz CT molecular complexity index is 458. The molecule has 0 aliphatic heterocycles. The first-order valence-corrected chi connectivity index (χ1v) is 5.23. The summed E-state index contributed by atoms with van der Waals surface area (Å²) in [6.07, 6.45) is 1.27. The molecule has 0 aliphatic carbocycles. The van der Waals surface area contributed by atoms with Crippen molar-refractivity contribution in [2.24, 2.45) is 0 Å². The number of aldehydes is 1. The smallest absolute Gasteiger partial charge is 0.169 e. The van der Waals surface area contributed by atoms with E-state index in [4.69, 9.17) is 4.74 Å². The summed E-state index contributed by atoms with van der Waals surface area (Å²) in [5, 5.41) is 12.7. The number of carbonyl (C=O) groups is 1. The van der Waals surface area contributed by atoms with Crippen LogP contribution in [0.5, 0.6) is 11.5 Å². The summed E-state index contributed by atoms with van der Waals surface area (Å²) < 4.78 is 4.92. The van der Waals surface area contributed by atoms with Crippen LogP contribution < -0.4 is 10.1 Å². The molecule has 0 saturated carbocycles. The number of nitrogens with one attached hydrogen (secondary N) is 1. The van der Waals surface area contributed by atoms with E-state index < -0.39 is 0 Å². The van der Waals surface area contributed by atoms with Crippen molar-refractivity contribution in [2.45, 2.75) is 6.42 Å². The normalized spacial score (nSPS) is 9.29. The lowest BCUT2D eigenvalue weighted by atomic mass is 10.1. The Morgan fingerprint density at radius 1 is 1.53 bits per heavy atom. The molecule has 0 bridgehead atoms. The van der Waals surface area contributed by atoms with Crippen LogP contribution in [0.2, 0.25) is 0 Å². The number of rotatable bonds is 4. The highest BCUT2D eigenvalue weighted by Gasteiger charge is 2.10. The lowest BCUT2D eigenvalue weighted by molar-refractivity contribution is 0.112. The average molecular weight is 233 g/mol.